The first-order chi connectivity index (χ1) is 6.58. The van der Waals surface area contributed by atoms with Crippen LogP contribution in [0.2, 0.25) is 0 Å². The molecule has 0 amide bonds. The average Bonchev–Trinajstić information content (AvgIpc) is 2.48. The molecule has 2 N–H and O–H groups in total. The van der Waals surface area contributed by atoms with Gasteiger partial charge in [0.1, 0.15) is 0 Å². The Labute approximate surface area is 89.3 Å². The Morgan fingerprint density at radius 1 is 1.57 bits per heavy atom. The maximum atomic E-state index is 5.90. The van der Waals surface area contributed by atoms with Crippen LogP contribution in [-0.2, 0) is 11.2 Å². The second kappa shape index (κ2) is 5.44. The van der Waals surface area contributed by atoms with E-state index in [0.717, 1.165) is 17.1 Å². The van der Waals surface area contributed by atoms with Crippen LogP contribution in [-0.4, -0.2) is 23.7 Å². The van der Waals surface area contributed by atoms with Crippen molar-refractivity contribution in [3.63, 3.8) is 0 Å². The number of aromatic nitrogens is 1. The summed E-state index contributed by atoms with van der Waals surface area (Å²) < 4.78 is 5.43. The summed E-state index contributed by atoms with van der Waals surface area (Å²) in [5.74, 6) is 0. The molecule has 14 heavy (non-hydrogen) atoms. The van der Waals surface area contributed by atoms with Gasteiger partial charge in [-0.15, -0.1) is 11.3 Å². The number of ether oxygens (including phenoxy) is 1. The molecule has 0 spiro atoms. The molecule has 80 valence electrons. The van der Waals surface area contributed by atoms with Gasteiger partial charge in [0.15, 0.2) is 0 Å². The Morgan fingerprint density at radius 3 is 2.79 bits per heavy atom. The van der Waals surface area contributed by atoms with Gasteiger partial charge in [0.25, 0.3) is 0 Å². The second-order valence-corrected chi connectivity index (χ2v) is 4.77. The largest absolute Gasteiger partial charge is 0.377 e. The third kappa shape index (κ3) is 4.17. The van der Waals surface area contributed by atoms with Gasteiger partial charge < -0.3 is 10.5 Å². The molecule has 0 aliphatic heterocycles. The van der Waals surface area contributed by atoms with Crippen molar-refractivity contribution >= 4 is 11.3 Å². The smallest absolute Gasteiger partial charge is 0.0897 e. The predicted molar refractivity (Wildman–Crippen MR) is 59.6 cm³/mol. The molecule has 0 fully saturated rings. The lowest BCUT2D eigenvalue weighted by Crippen LogP contribution is -2.30. The van der Waals surface area contributed by atoms with E-state index in [2.05, 4.69) is 10.4 Å². The van der Waals surface area contributed by atoms with Crippen LogP contribution >= 0.6 is 11.3 Å². The Morgan fingerprint density at radius 2 is 2.29 bits per heavy atom. The van der Waals surface area contributed by atoms with Gasteiger partial charge in [-0.25, -0.2) is 4.98 Å². The summed E-state index contributed by atoms with van der Waals surface area (Å²) in [6.45, 7) is 6.64. The maximum absolute atomic E-state index is 5.90. The number of thiazole rings is 1. The van der Waals surface area contributed by atoms with Gasteiger partial charge in [0, 0.05) is 17.8 Å². The fourth-order valence-corrected chi connectivity index (χ4v) is 1.77. The lowest BCUT2D eigenvalue weighted by atomic mass is 10.2. The average molecular weight is 214 g/mol. The summed E-state index contributed by atoms with van der Waals surface area (Å²) in [7, 11) is 0. The van der Waals surface area contributed by atoms with Crippen LogP contribution in [0.5, 0.6) is 0 Å². The van der Waals surface area contributed by atoms with Crippen LogP contribution < -0.4 is 5.73 Å². The highest BCUT2D eigenvalue weighted by atomic mass is 32.1. The molecule has 0 bridgehead atoms. The van der Waals surface area contributed by atoms with Crippen molar-refractivity contribution in [2.24, 2.45) is 5.73 Å². The van der Waals surface area contributed by atoms with E-state index in [9.17, 15) is 0 Å². The SMILES string of the molecule is Cc1nc(CC(N)COC(C)C)cs1. The van der Waals surface area contributed by atoms with Crippen molar-refractivity contribution in [1.29, 1.82) is 0 Å². The molecule has 0 saturated carbocycles. The van der Waals surface area contributed by atoms with Gasteiger partial charge >= 0.3 is 0 Å². The number of aryl methyl sites for hydroxylation is 1. The van der Waals surface area contributed by atoms with Crippen molar-refractivity contribution in [1.82, 2.24) is 4.98 Å². The minimum atomic E-state index is 0.0545. The van der Waals surface area contributed by atoms with Crippen molar-refractivity contribution in [2.75, 3.05) is 6.61 Å². The molecule has 0 radical (unpaired) electrons. The number of hydrogen-bond donors (Lipinski definition) is 1. The zero-order valence-corrected chi connectivity index (χ0v) is 9.80. The quantitative estimate of drug-likeness (QED) is 0.812. The topological polar surface area (TPSA) is 48.1 Å². The van der Waals surface area contributed by atoms with Gasteiger partial charge in [-0.1, -0.05) is 0 Å². The first-order valence-electron chi connectivity index (χ1n) is 4.86. The fraction of sp³-hybridized carbons (Fsp3) is 0.700. The molecule has 0 aliphatic rings. The molecule has 0 aromatic carbocycles. The number of hydrogen-bond acceptors (Lipinski definition) is 4. The van der Waals surface area contributed by atoms with Crippen LogP contribution in [0.4, 0.5) is 0 Å². The van der Waals surface area contributed by atoms with Crippen LogP contribution in [0.1, 0.15) is 24.5 Å². The number of nitrogens with zero attached hydrogens (tertiary/aromatic N) is 1. The minimum absolute atomic E-state index is 0.0545. The Kier molecular flexibility index (Phi) is 4.51. The van der Waals surface area contributed by atoms with Crippen LogP contribution in [0.15, 0.2) is 5.38 Å². The zero-order chi connectivity index (χ0) is 10.6. The van der Waals surface area contributed by atoms with E-state index >= 15 is 0 Å². The highest BCUT2D eigenvalue weighted by Gasteiger charge is 2.07. The lowest BCUT2D eigenvalue weighted by molar-refractivity contribution is 0.0682. The van der Waals surface area contributed by atoms with Crippen molar-refractivity contribution in [3.05, 3.63) is 16.1 Å². The molecule has 0 saturated heterocycles. The molecular formula is C10H18N2OS. The normalized spacial score (nSPS) is 13.5. The van der Waals surface area contributed by atoms with E-state index in [1.807, 2.05) is 20.8 Å². The molecule has 1 aromatic heterocycles. The van der Waals surface area contributed by atoms with Gasteiger partial charge in [-0.3, -0.25) is 0 Å². The van der Waals surface area contributed by atoms with E-state index < -0.39 is 0 Å². The van der Waals surface area contributed by atoms with Crippen molar-refractivity contribution < 1.29 is 4.74 Å². The summed E-state index contributed by atoms with van der Waals surface area (Å²) in [6, 6.07) is 0.0545. The number of rotatable bonds is 5. The van der Waals surface area contributed by atoms with Gasteiger partial charge in [-0.05, 0) is 20.8 Å². The van der Waals surface area contributed by atoms with Crippen LogP contribution in [0.3, 0.4) is 0 Å². The molecule has 1 rings (SSSR count). The van der Waals surface area contributed by atoms with Gasteiger partial charge in [0.2, 0.25) is 0 Å². The first kappa shape index (κ1) is 11.6. The van der Waals surface area contributed by atoms with Crippen LogP contribution in [0, 0.1) is 6.92 Å². The third-order valence-electron chi connectivity index (χ3n) is 1.78. The lowest BCUT2D eigenvalue weighted by Gasteiger charge is -2.12. The summed E-state index contributed by atoms with van der Waals surface area (Å²) in [6.07, 6.45) is 1.05. The molecule has 4 heteroatoms. The van der Waals surface area contributed by atoms with E-state index in [0.29, 0.717) is 6.61 Å². The van der Waals surface area contributed by atoms with Crippen LogP contribution in [0.25, 0.3) is 0 Å². The fourth-order valence-electron chi connectivity index (χ4n) is 1.15. The van der Waals surface area contributed by atoms with E-state index in [-0.39, 0.29) is 12.1 Å². The minimum Gasteiger partial charge on any atom is -0.377 e. The molecule has 1 atom stereocenters. The second-order valence-electron chi connectivity index (χ2n) is 3.70. The summed E-state index contributed by atoms with van der Waals surface area (Å²) in [4.78, 5) is 4.36. The molecule has 3 nitrogen and oxygen atoms in total. The van der Waals surface area contributed by atoms with Crippen molar-refractivity contribution in [2.45, 2.75) is 39.3 Å². The predicted octanol–water partition coefficient (Wildman–Crippen LogP) is 1.75. The van der Waals surface area contributed by atoms with Crippen molar-refractivity contribution in [3.8, 4) is 0 Å². The van der Waals surface area contributed by atoms with E-state index in [1.165, 1.54) is 0 Å². The summed E-state index contributed by atoms with van der Waals surface area (Å²) >= 11 is 1.66. The zero-order valence-electron chi connectivity index (χ0n) is 8.99. The third-order valence-corrected chi connectivity index (χ3v) is 2.60. The molecule has 1 unspecified atom stereocenters. The standard InChI is InChI=1S/C10H18N2OS/c1-7(2)13-5-9(11)4-10-6-14-8(3)12-10/h6-7,9H,4-5,11H2,1-3H3. The molecule has 1 aromatic rings. The maximum Gasteiger partial charge on any atom is 0.0897 e. The Hall–Kier alpha value is -0.450. The summed E-state index contributed by atoms with van der Waals surface area (Å²) in [5, 5.41) is 3.15. The highest BCUT2D eigenvalue weighted by molar-refractivity contribution is 7.09. The van der Waals surface area contributed by atoms with E-state index in [4.69, 9.17) is 10.5 Å². The Bertz CT molecular complexity index is 273. The molecular weight excluding hydrogens is 196 g/mol. The van der Waals surface area contributed by atoms with Gasteiger partial charge in [-0.2, -0.15) is 0 Å². The monoisotopic (exact) mass is 214 g/mol. The van der Waals surface area contributed by atoms with Gasteiger partial charge in [0.05, 0.1) is 23.4 Å². The first-order valence-corrected chi connectivity index (χ1v) is 5.74. The molecule has 0 aliphatic carbocycles. The Balaban J connectivity index is 2.30. The highest BCUT2D eigenvalue weighted by Crippen LogP contribution is 2.09. The molecule has 1 heterocycles. The number of nitrogens with two attached hydrogens (primary N) is 1. The summed E-state index contributed by atoms with van der Waals surface area (Å²) in [5.41, 5.74) is 6.98. The van der Waals surface area contributed by atoms with E-state index in [1.54, 1.807) is 11.3 Å².